The Balaban J connectivity index is 1.38. The highest BCUT2D eigenvalue weighted by molar-refractivity contribution is 6.30. The number of amides is 2. The van der Waals surface area contributed by atoms with Crippen molar-refractivity contribution < 1.29 is 24.0 Å². The molecule has 31 heavy (non-hydrogen) atoms. The van der Waals surface area contributed by atoms with Crippen LogP contribution < -0.4 is 9.80 Å². The summed E-state index contributed by atoms with van der Waals surface area (Å²) in [7, 11) is 0. The van der Waals surface area contributed by atoms with Crippen molar-refractivity contribution in [3.63, 3.8) is 0 Å². The Hall–Kier alpha value is -3.45. The van der Waals surface area contributed by atoms with Gasteiger partial charge in [0.05, 0.1) is 44.0 Å². The fourth-order valence-electron chi connectivity index (χ4n) is 4.02. The summed E-state index contributed by atoms with van der Waals surface area (Å²) in [6.07, 6.45) is 1.42. The number of hydrogen-bond acceptors (Lipinski definition) is 5. The smallest absolute Gasteiger partial charge is 0.338 e. The molecular weight excluding hydrogens is 394 g/mol. The van der Waals surface area contributed by atoms with Crippen LogP contribution in [-0.4, -0.2) is 55.5 Å². The molecule has 0 radical (unpaired) electrons. The van der Waals surface area contributed by atoms with E-state index in [9.17, 15) is 14.4 Å². The standard InChI is InChI=1S/C24H25N3O4/c1-2-31-24(30)19-8-10-20(11-9-19)27-22(28)16-21(23(27)29)26-14-12-25(13-15-26)17-18-6-4-3-5-7-18/h3-11,16H,2,12-15,17H2,1H3/p+1. The Morgan fingerprint density at radius 1 is 1.00 bits per heavy atom. The lowest BCUT2D eigenvalue weighted by Crippen LogP contribution is -3.13. The molecule has 7 nitrogen and oxygen atoms in total. The summed E-state index contributed by atoms with van der Waals surface area (Å²) in [5.41, 5.74) is 2.57. The van der Waals surface area contributed by atoms with E-state index in [2.05, 4.69) is 12.1 Å². The minimum absolute atomic E-state index is 0.289. The van der Waals surface area contributed by atoms with Crippen molar-refractivity contribution in [3.8, 4) is 0 Å². The summed E-state index contributed by atoms with van der Waals surface area (Å²) in [4.78, 5) is 42.0. The van der Waals surface area contributed by atoms with Gasteiger partial charge in [0, 0.05) is 11.6 Å². The molecule has 1 N–H and O–H groups in total. The number of nitrogens with one attached hydrogen (secondary N) is 1. The fourth-order valence-corrected chi connectivity index (χ4v) is 4.02. The van der Waals surface area contributed by atoms with Gasteiger partial charge >= 0.3 is 5.97 Å². The van der Waals surface area contributed by atoms with Gasteiger partial charge in [0.2, 0.25) is 0 Å². The van der Waals surface area contributed by atoms with E-state index < -0.39 is 5.97 Å². The third-order valence-electron chi connectivity index (χ3n) is 5.65. The van der Waals surface area contributed by atoms with Gasteiger partial charge in [-0.3, -0.25) is 9.59 Å². The molecular formula is C24H26N3O4+. The lowest BCUT2D eigenvalue weighted by Gasteiger charge is -2.33. The molecule has 0 aliphatic carbocycles. The molecule has 0 bridgehead atoms. The van der Waals surface area contributed by atoms with Gasteiger partial charge in [-0.2, -0.15) is 0 Å². The summed E-state index contributed by atoms with van der Waals surface area (Å²) in [6.45, 7) is 6.25. The number of carbonyl (C=O) groups excluding carboxylic acids is 3. The van der Waals surface area contributed by atoms with Crippen molar-refractivity contribution >= 4 is 23.5 Å². The normalized spacial score (nSPS) is 17.1. The SMILES string of the molecule is CCOC(=O)c1ccc(N2C(=O)C=C(N3CC[NH+](Cc4ccccc4)CC3)C2=O)cc1. The molecule has 1 saturated heterocycles. The fraction of sp³-hybridized carbons (Fsp3) is 0.292. The number of piperazine rings is 1. The van der Waals surface area contributed by atoms with E-state index in [0.29, 0.717) is 16.9 Å². The van der Waals surface area contributed by atoms with Crippen LogP contribution in [0.3, 0.4) is 0 Å². The second-order valence-corrected chi connectivity index (χ2v) is 7.68. The zero-order valence-corrected chi connectivity index (χ0v) is 17.5. The Labute approximate surface area is 181 Å². The molecule has 160 valence electrons. The summed E-state index contributed by atoms with van der Waals surface area (Å²) < 4.78 is 4.97. The molecule has 0 aromatic heterocycles. The van der Waals surface area contributed by atoms with E-state index in [-0.39, 0.29) is 18.4 Å². The average Bonchev–Trinajstić information content (AvgIpc) is 3.09. The highest BCUT2D eigenvalue weighted by Gasteiger charge is 2.37. The number of ether oxygens (including phenoxy) is 1. The maximum atomic E-state index is 13.0. The predicted molar refractivity (Wildman–Crippen MR) is 115 cm³/mol. The highest BCUT2D eigenvalue weighted by atomic mass is 16.5. The van der Waals surface area contributed by atoms with Gasteiger partial charge in [-0.05, 0) is 31.2 Å². The zero-order valence-electron chi connectivity index (χ0n) is 17.5. The van der Waals surface area contributed by atoms with Crippen LogP contribution in [0.15, 0.2) is 66.4 Å². The first-order valence-corrected chi connectivity index (χ1v) is 10.6. The molecule has 0 atom stereocenters. The molecule has 2 aromatic carbocycles. The van der Waals surface area contributed by atoms with Gasteiger partial charge < -0.3 is 14.5 Å². The molecule has 1 fully saturated rings. The first-order chi connectivity index (χ1) is 15.1. The number of imide groups is 1. The number of hydrogen-bond donors (Lipinski definition) is 1. The van der Waals surface area contributed by atoms with Crippen LogP contribution in [0.1, 0.15) is 22.8 Å². The number of esters is 1. The Morgan fingerprint density at radius 2 is 1.68 bits per heavy atom. The minimum atomic E-state index is -0.428. The monoisotopic (exact) mass is 420 g/mol. The molecule has 0 spiro atoms. The van der Waals surface area contributed by atoms with Gasteiger partial charge in [-0.15, -0.1) is 0 Å². The van der Waals surface area contributed by atoms with Crippen molar-refractivity contribution in [2.45, 2.75) is 13.5 Å². The molecule has 2 amide bonds. The van der Waals surface area contributed by atoms with Crippen LogP contribution in [0.4, 0.5) is 5.69 Å². The molecule has 2 aromatic rings. The number of nitrogens with zero attached hydrogens (tertiary/aromatic N) is 2. The van der Waals surface area contributed by atoms with Gasteiger partial charge in [0.1, 0.15) is 12.2 Å². The minimum Gasteiger partial charge on any atom is -0.462 e. The van der Waals surface area contributed by atoms with Gasteiger partial charge in [-0.25, -0.2) is 9.69 Å². The summed E-state index contributed by atoms with van der Waals surface area (Å²) in [6, 6.07) is 16.7. The van der Waals surface area contributed by atoms with Crippen LogP contribution in [0.2, 0.25) is 0 Å². The van der Waals surface area contributed by atoms with Crippen LogP contribution in [0.25, 0.3) is 0 Å². The average molecular weight is 420 g/mol. The van der Waals surface area contributed by atoms with Crippen molar-refractivity contribution in [1.29, 1.82) is 0 Å². The molecule has 2 aliphatic heterocycles. The predicted octanol–water partition coefficient (Wildman–Crippen LogP) is 1.02. The maximum Gasteiger partial charge on any atom is 0.338 e. The molecule has 0 unspecified atom stereocenters. The lowest BCUT2D eigenvalue weighted by atomic mass is 10.2. The van der Waals surface area contributed by atoms with E-state index in [0.717, 1.165) is 37.6 Å². The second kappa shape index (κ2) is 9.14. The van der Waals surface area contributed by atoms with Gasteiger partial charge in [0.15, 0.2) is 0 Å². The third-order valence-corrected chi connectivity index (χ3v) is 5.65. The van der Waals surface area contributed by atoms with Crippen molar-refractivity contribution in [2.75, 3.05) is 37.7 Å². The maximum absolute atomic E-state index is 13.0. The van der Waals surface area contributed by atoms with Crippen LogP contribution >= 0.6 is 0 Å². The largest absolute Gasteiger partial charge is 0.462 e. The Bertz CT molecular complexity index is 993. The van der Waals surface area contributed by atoms with Crippen molar-refractivity contribution in [3.05, 3.63) is 77.5 Å². The van der Waals surface area contributed by atoms with Crippen molar-refractivity contribution in [1.82, 2.24) is 4.90 Å². The third kappa shape index (κ3) is 4.51. The number of quaternary nitrogens is 1. The van der Waals surface area contributed by atoms with E-state index in [1.165, 1.54) is 16.5 Å². The van der Waals surface area contributed by atoms with Gasteiger partial charge in [0.25, 0.3) is 11.8 Å². The van der Waals surface area contributed by atoms with E-state index in [1.807, 2.05) is 23.1 Å². The number of rotatable bonds is 6. The Morgan fingerprint density at radius 3 is 2.32 bits per heavy atom. The first kappa shape index (κ1) is 20.8. The molecule has 4 rings (SSSR count). The highest BCUT2D eigenvalue weighted by Crippen LogP contribution is 2.25. The Kier molecular flexibility index (Phi) is 6.13. The number of anilines is 1. The molecule has 2 aliphatic rings. The quantitative estimate of drug-likeness (QED) is 0.558. The first-order valence-electron chi connectivity index (χ1n) is 10.6. The van der Waals surface area contributed by atoms with E-state index >= 15 is 0 Å². The van der Waals surface area contributed by atoms with E-state index in [1.54, 1.807) is 31.2 Å². The van der Waals surface area contributed by atoms with Gasteiger partial charge in [-0.1, -0.05) is 30.3 Å². The molecule has 0 saturated carbocycles. The van der Waals surface area contributed by atoms with Crippen LogP contribution in [0, 0.1) is 0 Å². The molecule has 7 heteroatoms. The summed E-state index contributed by atoms with van der Waals surface area (Å²) >= 11 is 0. The zero-order chi connectivity index (χ0) is 21.8. The van der Waals surface area contributed by atoms with Crippen LogP contribution in [0.5, 0.6) is 0 Å². The van der Waals surface area contributed by atoms with Crippen LogP contribution in [-0.2, 0) is 20.9 Å². The second-order valence-electron chi connectivity index (χ2n) is 7.68. The lowest BCUT2D eigenvalue weighted by molar-refractivity contribution is -0.917. The molecule has 2 heterocycles. The number of carbonyl (C=O) groups is 3. The van der Waals surface area contributed by atoms with E-state index in [4.69, 9.17) is 4.74 Å². The van der Waals surface area contributed by atoms with Crippen molar-refractivity contribution in [2.24, 2.45) is 0 Å². The number of benzene rings is 2. The summed E-state index contributed by atoms with van der Waals surface area (Å²) in [5, 5.41) is 0. The topological polar surface area (TPSA) is 71.4 Å². The summed E-state index contributed by atoms with van der Waals surface area (Å²) in [5.74, 6) is -1.11.